The van der Waals surface area contributed by atoms with Crippen molar-refractivity contribution in [1.29, 1.82) is 0 Å². The van der Waals surface area contributed by atoms with Crippen molar-refractivity contribution in [2.45, 2.75) is 26.2 Å². The Bertz CT molecular complexity index is 569. The Morgan fingerprint density at radius 1 is 1.42 bits per heavy atom. The van der Waals surface area contributed by atoms with E-state index >= 15 is 0 Å². The second kappa shape index (κ2) is 9.88. The van der Waals surface area contributed by atoms with Gasteiger partial charge in [-0.15, -0.1) is 0 Å². The van der Waals surface area contributed by atoms with E-state index in [4.69, 9.17) is 9.94 Å². The molecule has 0 unspecified atom stereocenters. The second-order valence-electron chi connectivity index (χ2n) is 5.98. The fourth-order valence-corrected chi connectivity index (χ4v) is 2.87. The molecule has 5 heteroatoms. The van der Waals surface area contributed by atoms with Crippen LogP contribution >= 0.6 is 0 Å². The fourth-order valence-electron chi connectivity index (χ4n) is 2.87. The smallest absolute Gasteiger partial charge is 0.307 e. The monoisotopic (exact) mass is 330 g/mol. The number of benzene rings is 1. The maximum atomic E-state index is 11.1. The number of rotatable bonds is 8. The number of allylic oxidation sites excluding steroid dienone is 2. The van der Waals surface area contributed by atoms with Gasteiger partial charge in [0.25, 0.3) is 0 Å². The van der Waals surface area contributed by atoms with Crippen LogP contribution in [0.5, 0.6) is 0 Å². The van der Waals surface area contributed by atoms with Crippen LogP contribution in [0.2, 0.25) is 0 Å². The molecule has 130 valence electrons. The van der Waals surface area contributed by atoms with Crippen molar-refractivity contribution in [1.82, 2.24) is 4.90 Å². The maximum Gasteiger partial charge on any atom is 0.307 e. The van der Waals surface area contributed by atoms with Crippen LogP contribution in [0.25, 0.3) is 5.57 Å². The Labute approximate surface area is 143 Å². The number of nitrogens with zero attached hydrogens (tertiary/aromatic N) is 2. The van der Waals surface area contributed by atoms with Gasteiger partial charge in [-0.2, -0.15) is 0 Å². The summed E-state index contributed by atoms with van der Waals surface area (Å²) in [4.78, 5) is 18.6. The largest absolute Gasteiger partial charge is 0.481 e. The number of likely N-dealkylation sites (tertiary alicyclic amines) is 1. The second-order valence-corrected chi connectivity index (χ2v) is 5.98. The topological polar surface area (TPSA) is 62.1 Å². The zero-order chi connectivity index (χ0) is 17.2. The number of hydrogen-bond acceptors (Lipinski definition) is 4. The summed E-state index contributed by atoms with van der Waals surface area (Å²) < 4.78 is 0. The summed E-state index contributed by atoms with van der Waals surface area (Å²) in [5, 5.41) is 13.2. The van der Waals surface area contributed by atoms with Gasteiger partial charge in [0.2, 0.25) is 0 Å². The summed E-state index contributed by atoms with van der Waals surface area (Å²) in [6.45, 7) is 4.80. The number of piperidine rings is 1. The highest BCUT2D eigenvalue weighted by Crippen LogP contribution is 2.16. The number of carboxylic acids is 1. The molecule has 0 aromatic heterocycles. The van der Waals surface area contributed by atoms with Crippen molar-refractivity contribution in [3.05, 3.63) is 42.0 Å². The van der Waals surface area contributed by atoms with E-state index in [2.05, 4.69) is 23.1 Å². The molecule has 1 fully saturated rings. The minimum Gasteiger partial charge on any atom is -0.481 e. The lowest BCUT2D eigenvalue weighted by atomic mass is 9.98. The average Bonchev–Trinajstić information content (AvgIpc) is 2.61. The van der Waals surface area contributed by atoms with Gasteiger partial charge in [0.05, 0.1) is 12.1 Å². The summed E-state index contributed by atoms with van der Waals surface area (Å²) in [5.74, 6) is -0.949. The predicted molar refractivity (Wildman–Crippen MR) is 96.0 cm³/mol. The van der Waals surface area contributed by atoms with Gasteiger partial charge in [0.1, 0.15) is 6.61 Å². The van der Waals surface area contributed by atoms with Gasteiger partial charge in [0, 0.05) is 13.1 Å². The van der Waals surface area contributed by atoms with Gasteiger partial charge in [-0.25, -0.2) is 0 Å². The highest BCUT2D eigenvalue weighted by molar-refractivity contribution is 6.09. The molecule has 0 spiro atoms. The summed E-state index contributed by atoms with van der Waals surface area (Å²) in [6, 6.07) is 10.1. The number of aliphatic carboxylic acids is 1. The molecule has 1 heterocycles. The first-order chi connectivity index (χ1) is 11.7. The third-order valence-corrected chi connectivity index (χ3v) is 4.15. The van der Waals surface area contributed by atoms with E-state index in [0.717, 1.165) is 36.9 Å². The lowest BCUT2D eigenvalue weighted by molar-refractivity contribution is -0.143. The summed E-state index contributed by atoms with van der Waals surface area (Å²) in [6.07, 6.45) is 6.49. The molecule has 0 aliphatic carbocycles. The van der Waals surface area contributed by atoms with Crippen molar-refractivity contribution >= 4 is 17.8 Å². The first kappa shape index (κ1) is 18.2. The number of oxime groups is 1. The van der Waals surface area contributed by atoms with Crippen molar-refractivity contribution in [3.8, 4) is 0 Å². The Balaban J connectivity index is 1.77. The third kappa shape index (κ3) is 5.81. The molecular weight excluding hydrogens is 304 g/mol. The molecule has 1 aliphatic rings. The molecule has 1 aromatic carbocycles. The highest BCUT2D eigenvalue weighted by atomic mass is 16.6. The molecule has 0 bridgehead atoms. The number of carboxylic acid groups (broad SMARTS) is 1. The van der Waals surface area contributed by atoms with E-state index in [0.29, 0.717) is 19.7 Å². The van der Waals surface area contributed by atoms with E-state index in [1.54, 1.807) is 6.21 Å². The Morgan fingerprint density at radius 3 is 2.92 bits per heavy atom. The van der Waals surface area contributed by atoms with Crippen LogP contribution in [0.3, 0.4) is 0 Å². The summed E-state index contributed by atoms with van der Waals surface area (Å²) in [5.41, 5.74) is 2.16. The fraction of sp³-hybridized carbons (Fsp3) is 0.474. The van der Waals surface area contributed by atoms with Crippen LogP contribution < -0.4 is 0 Å². The summed E-state index contributed by atoms with van der Waals surface area (Å²) in [7, 11) is 0. The van der Waals surface area contributed by atoms with Crippen LogP contribution in [0.15, 0.2) is 41.6 Å². The van der Waals surface area contributed by atoms with Gasteiger partial charge < -0.3 is 9.94 Å². The predicted octanol–water partition coefficient (Wildman–Crippen LogP) is 3.28. The SMILES string of the molecule is CCC=C(C=NOCCN1CCC[C@@H](C(=O)O)C1)c1ccccc1. The van der Waals surface area contributed by atoms with Crippen molar-refractivity contribution in [2.24, 2.45) is 11.1 Å². The molecule has 24 heavy (non-hydrogen) atoms. The normalized spacial score (nSPS) is 19.5. The van der Waals surface area contributed by atoms with Gasteiger partial charge in [-0.3, -0.25) is 9.69 Å². The molecule has 2 rings (SSSR count). The van der Waals surface area contributed by atoms with Gasteiger partial charge in [0.15, 0.2) is 0 Å². The van der Waals surface area contributed by atoms with Gasteiger partial charge in [-0.05, 0) is 36.9 Å². The minimum absolute atomic E-state index is 0.251. The standard InChI is InChI=1S/C19H26N2O3/c1-2-7-17(16-8-4-3-5-9-16)14-20-24-13-12-21-11-6-10-18(15-21)19(22)23/h3-5,7-9,14,18H,2,6,10-13,15H2,1H3,(H,22,23)/t18-/m1/s1. The average molecular weight is 330 g/mol. The van der Waals surface area contributed by atoms with Gasteiger partial charge in [-0.1, -0.05) is 48.5 Å². The Hall–Kier alpha value is -2.14. The van der Waals surface area contributed by atoms with E-state index in [-0.39, 0.29) is 5.92 Å². The van der Waals surface area contributed by atoms with Crippen LogP contribution in [0.4, 0.5) is 0 Å². The number of carbonyl (C=O) groups is 1. The Kier molecular flexibility index (Phi) is 7.49. The van der Waals surface area contributed by atoms with Crippen molar-refractivity contribution < 1.29 is 14.7 Å². The van der Waals surface area contributed by atoms with Crippen LogP contribution in [-0.4, -0.2) is 48.4 Å². The molecule has 0 amide bonds. The molecule has 1 aliphatic heterocycles. The first-order valence-corrected chi connectivity index (χ1v) is 8.56. The first-order valence-electron chi connectivity index (χ1n) is 8.56. The molecule has 5 nitrogen and oxygen atoms in total. The van der Waals surface area contributed by atoms with Crippen LogP contribution in [0, 0.1) is 5.92 Å². The van der Waals surface area contributed by atoms with Gasteiger partial charge >= 0.3 is 5.97 Å². The summed E-state index contributed by atoms with van der Waals surface area (Å²) >= 11 is 0. The third-order valence-electron chi connectivity index (χ3n) is 4.15. The molecule has 0 saturated carbocycles. The van der Waals surface area contributed by atoms with E-state index in [1.807, 2.05) is 30.3 Å². The van der Waals surface area contributed by atoms with Crippen molar-refractivity contribution in [3.63, 3.8) is 0 Å². The number of hydrogen-bond donors (Lipinski definition) is 1. The van der Waals surface area contributed by atoms with Crippen molar-refractivity contribution in [2.75, 3.05) is 26.2 Å². The van der Waals surface area contributed by atoms with Crippen LogP contribution in [-0.2, 0) is 9.63 Å². The molecule has 1 aromatic rings. The Morgan fingerprint density at radius 2 is 2.21 bits per heavy atom. The zero-order valence-corrected chi connectivity index (χ0v) is 14.2. The van der Waals surface area contributed by atoms with E-state index in [1.165, 1.54) is 0 Å². The molecule has 0 radical (unpaired) electrons. The molecule has 1 atom stereocenters. The van der Waals surface area contributed by atoms with E-state index in [9.17, 15) is 4.79 Å². The maximum absolute atomic E-state index is 11.1. The molecular formula is C19H26N2O3. The lowest BCUT2D eigenvalue weighted by Crippen LogP contribution is -2.40. The lowest BCUT2D eigenvalue weighted by Gasteiger charge is -2.29. The zero-order valence-electron chi connectivity index (χ0n) is 14.2. The van der Waals surface area contributed by atoms with E-state index < -0.39 is 5.97 Å². The minimum atomic E-state index is -0.698. The highest BCUT2D eigenvalue weighted by Gasteiger charge is 2.24. The quantitative estimate of drug-likeness (QED) is 0.451. The molecule has 1 N–H and O–H groups in total. The molecule has 1 saturated heterocycles. The van der Waals surface area contributed by atoms with Crippen LogP contribution in [0.1, 0.15) is 31.7 Å².